The highest BCUT2D eigenvalue weighted by molar-refractivity contribution is 6.29. The molecule has 16 rings (SSSR count). The molecule has 4 aromatic carbocycles. The lowest BCUT2D eigenvalue weighted by Crippen LogP contribution is -2.72. The van der Waals surface area contributed by atoms with Crippen molar-refractivity contribution in [2.75, 3.05) is 44.5 Å². The number of dihydropyridines is 1. The predicted molar refractivity (Wildman–Crippen MR) is 362 cm³/mol. The van der Waals surface area contributed by atoms with Crippen molar-refractivity contribution in [3.8, 4) is 23.3 Å². The number of hydrogen-bond donors (Lipinski definition) is 14. The molecular formula is C76H88N8O16. The number of hydrogen-bond acceptors (Lipinski definition) is 23. The molecule has 0 aromatic heterocycles. The highest BCUT2D eigenvalue weighted by Crippen LogP contribution is 2.59. The summed E-state index contributed by atoms with van der Waals surface area (Å²) in [4.78, 5) is 59.6. The fraction of sp³-hybridized carbons (Fsp3) is 0.526. The molecule has 2 saturated carbocycles. The van der Waals surface area contributed by atoms with E-state index < -0.39 is 146 Å². The molecule has 4 aromatic rings. The third-order valence-electron chi connectivity index (χ3n) is 23.9. The van der Waals surface area contributed by atoms with Gasteiger partial charge in [-0.15, -0.1) is 0 Å². The number of carbonyl (C=O) groups is 4. The maximum absolute atomic E-state index is 15.9. The van der Waals surface area contributed by atoms with Crippen LogP contribution in [0.1, 0.15) is 154 Å². The van der Waals surface area contributed by atoms with E-state index in [2.05, 4.69) is 56.6 Å². The summed E-state index contributed by atoms with van der Waals surface area (Å²) >= 11 is 0. The largest absolute Gasteiger partial charge is 0.486 e. The summed E-state index contributed by atoms with van der Waals surface area (Å²) in [5.74, 6) is 1.26. The first-order valence-corrected chi connectivity index (χ1v) is 35.7. The van der Waals surface area contributed by atoms with Crippen molar-refractivity contribution >= 4 is 29.4 Å². The van der Waals surface area contributed by atoms with Gasteiger partial charge in [0.05, 0.1) is 73.3 Å². The molecule has 16 N–H and O–H groups in total. The molecule has 3 saturated heterocycles. The van der Waals surface area contributed by atoms with Gasteiger partial charge in [0.15, 0.2) is 28.7 Å². The number of carbonyl (C=O) groups excluding carboxylic acids is 4. The molecule has 0 unspecified atom stereocenters. The number of aldehydes is 1. The molecule has 0 radical (unpaired) electrons. The van der Waals surface area contributed by atoms with Crippen LogP contribution in [0.4, 0.5) is 5.69 Å². The number of fused-ring (bicyclic) bond motifs is 13. The molecule has 2 spiro atoms. The zero-order valence-corrected chi connectivity index (χ0v) is 55.6. The molecule has 24 heteroatoms. The van der Waals surface area contributed by atoms with Crippen LogP contribution in [-0.4, -0.2) is 184 Å². The first-order valence-electron chi connectivity index (χ1n) is 35.7. The van der Waals surface area contributed by atoms with Crippen molar-refractivity contribution in [2.45, 2.75) is 193 Å². The Morgan fingerprint density at radius 1 is 0.910 bits per heavy atom. The summed E-state index contributed by atoms with van der Waals surface area (Å²) in [6, 6.07) is 18.7. The molecule has 528 valence electrons. The molecule has 1 amide bonds. The van der Waals surface area contributed by atoms with Crippen molar-refractivity contribution < 1.29 is 78.6 Å². The smallest absolute Gasteiger partial charge is 0.242 e. The molecule has 5 aliphatic carbocycles. The number of nitrogens with one attached hydrogen (secondary N) is 5. The van der Waals surface area contributed by atoms with Crippen LogP contribution in [0, 0.1) is 29.1 Å². The van der Waals surface area contributed by atoms with Crippen LogP contribution in [0.2, 0.25) is 0 Å². The number of amides is 1. The number of para-hydroxylation sites is 1. The van der Waals surface area contributed by atoms with Crippen LogP contribution >= 0.6 is 0 Å². The van der Waals surface area contributed by atoms with Gasteiger partial charge in [-0.2, -0.15) is 0 Å². The van der Waals surface area contributed by atoms with Gasteiger partial charge in [-0.05, 0) is 121 Å². The van der Waals surface area contributed by atoms with E-state index in [4.69, 9.17) is 35.2 Å². The van der Waals surface area contributed by atoms with E-state index in [1.807, 2.05) is 41.3 Å². The van der Waals surface area contributed by atoms with E-state index in [0.717, 1.165) is 47.9 Å². The Bertz CT molecular complexity index is 4120. The fourth-order valence-corrected chi connectivity index (χ4v) is 18.9. The maximum atomic E-state index is 15.9. The summed E-state index contributed by atoms with van der Waals surface area (Å²) < 4.78 is 37.2. The fourth-order valence-electron chi connectivity index (χ4n) is 18.9. The number of anilines is 1. The summed E-state index contributed by atoms with van der Waals surface area (Å²) in [6.45, 7) is -1.54. The van der Waals surface area contributed by atoms with Crippen LogP contribution in [-0.2, 0) is 43.2 Å². The van der Waals surface area contributed by atoms with Crippen molar-refractivity contribution in [3.05, 3.63) is 157 Å². The van der Waals surface area contributed by atoms with Gasteiger partial charge in [0.2, 0.25) is 12.2 Å². The van der Waals surface area contributed by atoms with Crippen LogP contribution in [0.3, 0.4) is 0 Å². The Hall–Kier alpha value is -7.42. The lowest BCUT2D eigenvalue weighted by atomic mass is 9.59. The van der Waals surface area contributed by atoms with Gasteiger partial charge in [-0.25, -0.2) is 0 Å². The standard InChI is InChI=1S/C76H88N8O16/c77-68-59-53(18-24-79-68)75-36-97-65-67(93)76(95)23-17-41(27-38-11-13-40(49(28-38)47(20-26-86)66(75)92)30-43(75)31-54(59)81-44-7-1-2-8-44)56(89)16-14-42-34-98-74(21-5-6-22-74)72(76)100-71(65)99-63-52(57(42)48-9-3-4-10-55(48)84-37-80-60-69(84)82-73(78)83-70(60)94)32-51-58(64(63)96-35-45(88)19-25-85)62(91)50-29-39(33-87)12-15-46(50)61(51)90/h3-4,9-13,15,18,25,28-29,31-32,41-42,44-45,47,54,56-57,60,65-67,69,71-73,79-82,86-89,92-93,95H,1-2,5-8,14,16,19-22,24,26-27,30,33-37,77-78H2,(H,83,94)/t41-,42+,45-,47-,54-,56-,57-,60+,65+,66-,67+,69+,71+,72+,73+,75-,76-/m1/s1. The second-order valence-corrected chi connectivity index (χ2v) is 29.6. The highest BCUT2D eigenvalue weighted by Gasteiger charge is 2.66. The van der Waals surface area contributed by atoms with Gasteiger partial charge in [-0.3, -0.25) is 30.8 Å². The van der Waals surface area contributed by atoms with Crippen LogP contribution in [0.5, 0.6) is 11.5 Å². The topological polar surface area (TPSA) is 371 Å². The highest BCUT2D eigenvalue weighted by atomic mass is 16.7. The van der Waals surface area contributed by atoms with Crippen molar-refractivity contribution in [1.82, 2.24) is 26.6 Å². The van der Waals surface area contributed by atoms with E-state index in [-0.39, 0.29) is 103 Å². The first kappa shape index (κ1) is 67.1. The minimum Gasteiger partial charge on any atom is -0.486 e. The lowest BCUT2D eigenvalue weighted by Gasteiger charge is -2.54. The van der Waals surface area contributed by atoms with Crippen molar-refractivity contribution in [3.63, 3.8) is 0 Å². The molecular weight excluding hydrogens is 1280 g/mol. The van der Waals surface area contributed by atoms with Crippen LogP contribution in [0.15, 0.2) is 101 Å². The average molecular weight is 1370 g/mol. The number of aliphatic hydroxyl groups is 7. The molecule has 100 heavy (non-hydrogen) atoms. The number of nitrogens with two attached hydrogens (primary N) is 2. The SMILES string of the molecule is NC1=C2C(=CCN1)[C@]13CO[C@@H]4[C@H]5Oc6c(cc7c(c6OC[C@H](O)CC=O)C(=O)c6cc(CO)ccc6C7=O)[C@@H](c6ccccc6N6CN[C@@H]7C(=O)N[C@@H](N)N[C@H]76)[C@H]6CC[C@@H](O)[C@H](C#C[C@@](O)([C@H]4O)[C@@H](O5)C4(CCCC4)OC6)Cc4ccc(c(c4)[C@@H](CCO)[C@H]1O)CC3=C[C@H]2NC1CCCC1. The molecule has 24 nitrogen and oxygen atoms in total. The first-order chi connectivity index (χ1) is 48.4. The van der Waals surface area contributed by atoms with Gasteiger partial charge in [0.25, 0.3) is 0 Å². The van der Waals surface area contributed by atoms with Crippen LogP contribution < -0.4 is 52.4 Å². The van der Waals surface area contributed by atoms with Gasteiger partial charge in [0, 0.05) is 71.0 Å². The Morgan fingerprint density at radius 3 is 2.53 bits per heavy atom. The third-order valence-corrected chi connectivity index (χ3v) is 23.9. The minimum atomic E-state index is -2.60. The van der Waals surface area contributed by atoms with Gasteiger partial charge >= 0.3 is 0 Å². The Balaban J connectivity index is 0.980. The second-order valence-electron chi connectivity index (χ2n) is 29.6. The van der Waals surface area contributed by atoms with Gasteiger partial charge in [0.1, 0.15) is 55.5 Å². The molecule has 5 fully saturated rings. The van der Waals surface area contributed by atoms with E-state index >= 15 is 9.59 Å². The van der Waals surface area contributed by atoms with E-state index in [1.165, 1.54) is 12.1 Å². The minimum absolute atomic E-state index is 0.0322. The molecule has 12 aliphatic rings. The van der Waals surface area contributed by atoms with E-state index in [0.29, 0.717) is 72.2 Å². The molecule has 17 atom stereocenters. The number of benzene rings is 4. The maximum Gasteiger partial charge on any atom is 0.242 e. The average Bonchev–Trinajstić information content (AvgIpc) is 1.22. The monoisotopic (exact) mass is 1370 g/mol. The van der Waals surface area contributed by atoms with Crippen molar-refractivity contribution in [1.29, 1.82) is 0 Å². The van der Waals surface area contributed by atoms with Gasteiger partial charge in [-0.1, -0.05) is 97.7 Å². The van der Waals surface area contributed by atoms with Crippen LogP contribution in [0.25, 0.3) is 0 Å². The summed E-state index contributed by atoms with van der Waals surface area (Å²) in [5, 5.41) is 106. The second kappa shape index (κ2) is 26.4. The number of aliphatic hydroxyl groups excluding tert-OH is 6. The van der Waals surface area contributed by atoms with Gasteiger partial charge < -0.3 is 90.8 Å². The van der Waals surface area contributed by atoms with E-state index in [9.17, 15) is 45.3 Å². The number of rotatable bonds is 12. The molecule has 7 heterocycles. The Labute approximate surface area is 578 Å². The zero-order valence-electron chi connectivity index (χ0n) is 55.6. The lowest BCUT2D eigenvalue weighted by molar-refractivity contribution is -0.337. The Kier molecular flexibility index (Phi) is 17.7. The van der Waals surface area contributed by atoms with Crippen molar-refractivity contribution in [2.24, 2.45) is 28.7 Å². The normalized spacial score (nSPS) is 34.3. The number of ketones is 2. The number of ether oxygens (including phenoxy) is 5. The number of nitrogens with zero attached hydrogens (tertiary/aromatic N) is 1. The summed E-state index contributed by atoms with van der Waals surface area (Å²) in [7, 11) is 0. The summed E-state index contributed by atoms with van der Waals surface area (Å²) in [6.07, 6.45) is -2.17. The molecule has 9 bridgehead atoms. The zero-order chi connectivity index (χ0) is 69.1. The summed E-state index contributed by atoms with van der Waals surface area (Å²) in [5.41, 5.74) is 14.0. The van der Waals surface area contributed by atoms with E-state index in [1.54, 1.807) is 12.1 Å². The quantitative estimate of drug-likeness (QED) is 0.0482. The predicted octanol–water partition coefficient (Wildman–Crippen LogP) is 1.92. The third kappa shape index (κ3) is 11.0. The molecule has 7 aliphatic heterocycles. The Morgan fingerprint density at radius 2 is 1.73 bits per heavy atom.